The van der Waals surface area contributed by atoms with Crippen LogP contribution in [0.25, 0.3) is 0 Å². The number of benzene rings is 1. The number of nitrogens with zero attached hydrogens (tertiary/aromatic N) is 2. The maximum absolute atomic E-state index is 10.4. The molecule has 0 radical (unpaired) electrons. The van der Waals surface area contributed by atoms with Crippen molar-refractivity contribution in [2.45, 2.75) is 44.4 Å². The third-order valence-electron chi connectivity index (χ3n) is 5.85. The number of piperidine rings is 1. The lowest BCUT2D eigenvalue weighted by atomic mass is 9.75. The summed E-state index contributed by atoms with van der Waals surface area (Å²) in [6, 6.07) is 7.25. The minimum atomic E-state index is 0.0377. The van der Waals surface area contributed by atoms with Crippen LogP contribution in [0.1, 0.15) is 26.2 Å². The Balaban J connectivity index is 0.000000193. The van der Waals surface area contributed by atoms with Gasteiger partial charge in [0.1, 0.15) is 0 Å². The van der Waals surface area contributed by atoms with E-state index in [1.165, 1.54) is 19.3 Å². The lowest BCUT2D eigenvalue weighted by molar-refractivity contribution is -0.105. The van der Waals surface area contributed by atoms with E-state index >= 15 is 0 Å². The average molecular weight is 396 g/mol. The molecule has 1 amide bonds. The Morgan fingerprint density at radius 2 is 2.00 bits per heavy atom. The SMILES string of the molecule is CC1C[C@@H]2C[C@H](C1)N2C.O=CNc1ccc(Cl)c(N2CC(OCCO)C2)c1. The van der Waals surface area contributed by atoms with Crippen molar-refractivity contribution in [3.63, 3.8) is 0 Å². The van der Waals surface area contributed by atoms with Gasteiger partial charge in [0.15, 0.2) is 0 Å². The summed E-state index contributed by atoms with van der Waals surface area (Å²) in [5, 5.41) is 11.9. The molecule has 1 saturated carbocycles. The molecule has 1 aromatic rings. The van der Waals surface area contributed by atoms with Crippen LogP contribution in [0.5, 0.6) is 0 Å². The second-order valence-corrected chi connectivity index (χ2v) is 8.24. The van der Waals surface area contributed by atoms with Crippen LogP contribution in [0.4, 0.5) is 11.4 Å². The van der Waals surface area contributed by atoms with Crippen molar-refractivity contribution in [1.82, 2.24) is 4.90 Å². The number of hydrogen-bond donors (Lipinski definition) is 2. The van der Waals surface area contributed by atoms with Crippen molar-refractivity contribution in [3.05, 3.63) is 23.2 Å². The fourth-order valence-corrected chi connectivity index (χ4v) is 4.47. The summed E-state index contributed by atoms with van der Waals surface area (Å²) in [7, 11) is 2.27. The molecule has 0 spiro atoms. The van der Waals surface area contributed by atoms with Crippen molar-refractivity contribution in [3.8, 4) is 0 Å². The maximum atomic E-state index is 10.4. The minimum Gasteiger partial charge on any atom is -0.394 e. The smallest absolute Gasteiger partial charge is 0.211 e. The Morgan fingerprint density at radius 1 is 1.30 bits per heavy atom. The first-order valence-electron chi connectivity index (χ1n) is 9.71. The highest BCUT2D eigenvalue weighted by Crippen LogP contribution is 2.39. The van der Waals surface area contributed by atoms with Gasteiger partial charge in [-0.1, -0.05) is 18.5 Å². The monoisotopic (exact) mass is 395 g/mol. The van der Waals surface area contributed by atoms with Gasteiger partial charge in [0.05, 0.1) is 30.0 Å². The molecular formula is C20H30ClN3O3. The van der Waals surface area contributed by atoms with Crippen molar-refractivity contribution in [2.75, 3.05) is 43.6 Å². The van der Waals surface area contributed by atoms with Gasteiger partial charge in [-0.3, -0.25) is 4.79 Å². The van der Waals surface area contributed by atoms with Gasteiger partial charge in [0.25, 0.3) is 0 Å². The van der Waals surface area contributed by atoms with E-state index < -0.39 is 0 Å². The van der Waals surface area contributed by atoms with E-state index in [-0.39, 0.29) is 12.7 Å². The number of carbonyl (C=O) groups excluding carboxylic acids is 1. The van der Waals surface area contributed by atoms with Crippen LogP contribution in [0.3, 0.4) is 0 Å². The van der Waals surface area contributed by atoms with Crippen LogP contribution in [0.2, 0.25) is 5.02 Å². The number of aliphatic hydroxyl groups is 1. The highest BCUT2D eigenvalue weighted by Gasteiger charge is 2.41. The standard InChI is InChI=1S/C12H15ClN2O3.C8H15N/c13-11-2-1-9(14-8-17)5-12(11)15-6-10(7-15)18-4-3-16;1-6-3-7-5-8(4-6)9(7)2/h1-2,5,8,10,16H,3-4,6-7H2,(H,14,17);6-8H,3-5H2,1-2H3/t;6?,7-,8+. The van der Waals surface area contributed by atoms with E-state index in [2.05, 4.69) is 29.1 Å². The highest BCUT2D eigenvalue weighted by atomic mass is 35.5. The lowest BCUT2D eigenvalue weighted by Gasteiger charge is -2.53. The largest absolute Gasteiger partial charge is 0.394 e. The molecule has 7 heteroatoms. The zero-order valence-corrected chi connectivity index (χ0v) is 16.9. The molecule has 2 N–H and O–H groups in total. The summed E-state index contributed by atoms with van der Waals surface area (Å²) in [4.78, 5) is 15.0. The molecule has 1 unspecified atom stereocenters. The third kappa shape index (κ3) is 4.93. The number of hydrogen-bond acceptors (Lipinski definition) is 5. The van der Waals surface area contributed by atoms with Gasteiger partial charge >= 0.3 is 0 Å². The lowest BCUT2D eigenvalue weighted by Crippen LogP contribution is -2.58. The summed E-state index contributed by atoms with van der Waals surface area (Å²) in [6.07, 6.45) is 5.16. The number of rotatable bonds is 6. The second-order valence-electron chi connectivity index (χ2n) is 7.84. The van der Waals surface area contributed by atoms with Gasteiger partial charge in [0.2, 0.25) is 6.41 Å². The predicted octanol–water partition coefficient (Wildman–Crippen LogP) is 2.59. The molecule has 3 aliphatic heterocycles. The van der Waals surface area contributed by atoms with Gasteiger partial charge in [-0.15, -0.1) is 0 Å². The molecule has 2 bridgehead atoms. The summed E-state index contributed by atoms with van der Waals surface area (Å²) in [5.41, 5.74) is 1.59. The molecule has 3 atom stereocenters. The summed E-state index contributed by atoms with van der Waals surface area (Å²) in [5.74, 6) is 1.00. The quantitative estimate of drug-likeness (QED) is 0.725. The van der Waals surface area contributed by atoms with Crippen LogP contribution < -0.4 is 10.2 Å². The van der Waals surface area contributed by atoms with Crippen LogP contribution in [0, 0.1) is 5.92 Å². The van der Waals surface area contributed by atoms with Gasteiger partial charge in [0, 0.05) is 30.9 Å². The second kappa shape index (κ2) is 9.24. The minimum absolute atomic E-state index is 0.0377. The van der Waals surface area contributed by atoms with Crippen LogP contribution in [0.15, 0.2) is 18.2 Å². The van der Waals surface area contributed by atoms with E-state index in [9.17, 15) is 4.79 Å². The molecule has 3 saturated heterocycles. The first kappa shape index (κ1) is 20.4. The molecule has 1 aliphatic carbocycles. The molecular weight excluding hydrogens is 366 g/mol. The van der Waals surface area contributed by atoms with Gasteiger partial charge < -0.3 is 25.0 Å². The Bertz CT molecular complexity index is 627. The predicted molar refractivity (Wildman–Crippen MR) is 109 cm³/mol. The summed E-state index contributed by atoms with van der Waals surface area (Å²) < 4.78 is 5.39. The number of halogens is 1. The molecule has 6 nitrogen and oxygen atoms in total. The number of anilines is 2. The maximum Gasteiger partial charge on any atom is 0.211 e. The summed E-state index contributed by atoms with van der Waals surface area (Å²) >= 11 is 6.12. The number of carbonyl (C=O) groups is 1. The molecule has 4 aliphatic rings. The van der Waals surface area contributed by atoms with Gasteiger partial charge in [-0.05, 0) is 50.4 Å². The Labute approximate surface area is 166 Å². The van der Waals surface area contributed by atoms with E-state index in [1.807, 2.05) is 6.07 Å². The van der Waals surface area contributed by atoms with Crippen molar-refractivity contribution >= 4 is 29.4 Å². The Morgan fingerprint density at radius 3 is 2.56 bits per heavy atom. The van der Waals surface area contributed by atoms with Gasteiger partial charge in [-0.2, -0.15) is 0 Å². The average Bonchev–Trinajstić information content (AvgIpc) is 2.63. The zero-order valence-electron chi connectivity index (χ0n) is 16.1. The first-order chi connectivity index (χ1) is 13.0. The number of fused-ring (bicyclic) bond motifs is 2. The van der Waals surface area contributed by atoms with Crippen molar-refractivity contribution in [1.29, 1.82) is 0 Å². The molecule has 1 aromatic carbocycles. The molecule has 0 aromatic heterocycles. The number of aliphatic hydroxyl groups excluding tert-OH is 1. The Hall–Kier alpha value is -1.34. The van der Waals surface area contributed by atoms with Crippen LogP contribution in [-0.2, 0) is 9.53 Å². The van der Waals surface area contributed by atoms with E-state index in [0.717, 1.165) is 36.8 Å². The molecule has 3 heterocycles. The van der Waals surface area contributed by atoms with E-state index in [4.69, 9.17) is 21.4 Å². The third-order valence-corrected chi connectivity index (χ3v) is 6.17. The molecule has 5 rings (SSSR count). The Kier molecular flexibility index (Phi) is 6.98. The molecule has 27 heavy (non-hydrogen) atoms. The number of amides is 1. The molecule has 150 valence electrons. The fourth-order valence-electron chi connectivity index (χ4n) is 4.23. The number of nitrogens with one attached hydrogen (secondary N) is 1. The van der Waals surface area contributed by atoms with Crippen LogP contribution >= 0.6 is 11.6 Å². The zero-order chi connectivity index (χ0) is 19.4. The van der Waals surface area contributed by atoms with Gasteiger partial charge in [-0.25, -0.2) is 0 Å². The topological polar surface area (TPSA) is 65.0 Å². The van der Waals surface area contributed by atoms with Crippen molar-refractivity contribution in [2.24, 2.45) is 5.92 Å². The number of ether oxygens (including phenoxy) is 1. The van der Waals surface area contributed by atoms with Crippen LogP contribution in [-0.4, -0.2) is 68.0 Å². The van der Waals surface area contributed by atoms with Crippen molar-refractivity contribution < 1.29 is 14.6 Å². The van der Waals surface area contributed by atoms with E-state index in [0.29, 0.717) is 23.7 Å². The molecule has 4 fully saturated rings. The normalized spacial score (nSPS) is 27.1. The first-order valence-corrected chi connectivity index (χ1v) is 10.1. The fraction of sp³-hybridized carbons (Fsp3) is 0.650. The summed E-state index contributed by atoms with van der Waals surface area (Å²) in [6.45, 7) is 4.26. The highest BCUT2D eigenvalue weighted by molar-refractivity contribution is 6.33. The van der Waals surface area contributed by atoms with E-state index in [1.54, 1.807) is 12.1 Å².